The van der Waals surface area contributed by atoms with Crippen LogP contribution >= 0.6 is 12.4 Å². The van der Waals surface area contributed by atoms with E-state index >= 15 is 0 Å². The highest BCUT2D eigenvalue weighted by Crippen LogP contribution is 2.32. The number of hydrogen-bond acceptors (Lipinski definition) is 4. The third-order valence-electron chi connectivity index (χ3n) is 2.67. The molecule has 0 amide bonds. The van der Waals surface area contributed by atoms with Gasteiger partial charge >= 0.3 is 0 Å². The lowest BCUT2D eigenvalue weighted by Crippen LogP contribution is -2.14. The predicted octanol–water partition coefficient (Wildman–Crippen LogP) is 2.79. The summed E-state index contributed by atoms with van der Waals surface area (Å²) in [5, 5.41) is 0. The van der Waals surface area contributed by atoms with Crippen LogP contribution in [0.25, 0.3) is 6.08 Å². The topological polar surface area (TPSA) is 56.8 Å². The van der Waals surface area contributed by atoms with Gasteiger partial charge in [-0.1, -0.05) is 0 Å². The van der Waals surface area contributed by atoms with Gasteiger partial charge in [0.1, 0.15) is 5.84 Å². The van der Waals surface area contributed by atoms with Crippen molar-refractivity contribution in [2.45, 2.75) is 20.3 Å². The molecule has 0 saturated carbocycles. The summed E-state index contributed by atoms with van der Waals surface area (Å²) in [4.78, 5) is 4.12. The molecule has 1 aromatic rings. The van der Waals surface area contributed by atoms with E-state index in [1.807, 2.05) is 32.1 Å². The van der Waals surface area contributed by atoms with Gasteiger partial charge in [0.05, 0.1) is 13.2 Å². The molecule has 0 aliphatic carbocycles. The summed E-state index contributed by atoms with van der Waals surface area (Å²) < 4.78 is 11.2. The average molecular weight is 283 g/mol. The van der Waals surface area contributed by atoms with Crippen LogP contribution in [-0.4, -0.2) is 19.0 Å². The molecule has 0 unspecified atom stereocenters. The summed E-state index contributed by atoms with van der Waals surface area (Å²) >= 11 is 0. The van der Waals surface area contributed by atoms with Crippen molar-refractivity contribution in [2.24, 2.45) is 10.7 Å². The fourth-order valence-electron chi connectivity index (χ4n) is 1.92. The second kappa shape index (κ2) is 7.04. The molecule has 104 valence electrons. The number of fused-ring (bicyclic) bond motifs is 1. The van der Waals surface area contributed by atoms with Crippen LogP contribution in [0.1, 0.15) is 25.0 Å². The molecule has 0 atom stereocenters. The van der Waals surface area contributed by atoms with Crippen LogP contribution in [0.3, 0.4) is 0 Å². The van der Waals surface area contributed by atoms with Crippen molar-refractivity contribution in [1.82, 2.24) is 0 Å². The number of aliphatic imine (C=N–C) groups is 1. The summed E-state index contributed by atoms with van der Waals surface area (Å²) in [6, 6.07) is 3.97. The van der Waals surface area contributed by atoms with E-state index in [0.29, 0.717) is 25.5 Å². The maximum Gasteiger partial charge on any atom is 0.161 e. The van der Waals surface area contributed by atoms with Gasteiger partial charge in [0.2, 0.25) is 0 Å². The Hall–Kier alpha value is -1.68. The van der Waals surface area contributed by atoms with E-state index in [1.165, 1.54) is 0 Å². The molecule has 19 heavy (non-hydrogen) atoms. The van der Waals surface area contributed by atoms with Crippen LogP contribution in [0.5, 0.6) is 11.5 Å². The van der Waals surface area contributed by atoms with Gasteiger partial charge in [-0.05, 0) is 43.2 Å². The van der Waals surface area contributed by atoms with Crippen LogP contribution < -0.4 is 15.2 Å². The summed E-state index contributed by atoms with van der Waals surface area (Å²) in [7, 11) is 0. The minimum absolute atomic E-state index is 0. The molecular weight excluding hydrogens is 264 g/mol. The molecule has 0 saturated heterocycles. The van der Waals surface area contributed by atoms with Crippen LogP contribution in [0.2, 0.25) is 0 Å². The zero-order valence-electron chi connectivity index (χ0n) is 11.2. The van der Waals surface area contributed by atoms with Gasteiger partial charge in [0, 0.05) is 12.6 Å². The van der Waals surface area contributed by atoms with E-state index in [-0.39, 0.29) is 12.4 Å². The van der Waals surface area contributed by atoms with E-state index in [0.717, 1.165) is 22.6 Å². The summed E-state index contributed by atoms with van der Waals surface area (Å²) in [6.45, 7) is 5.13. The number of hydrogen-bond donors (Lipinski definition) is 1. The Labute approximate surface area is 119 Å². The molecule has 0 bridgehead atoms. The Morgan fingerprint density at radius 1 is 1.16 bits per heavy atom. The van der Waals surface area contributed by atoms with E-state index in [4.69, 9.17) is 15.2 Å². The van der Waals surface area contributed by atoms with Crippen molar-refractivity contribution < 1.29 is 9.47 Å². The highest BCUT2D eigenvalue weighted by Gasteiger charge is 2.12. The molecule has 0 spiro atoms. The molecule has 4 nitrogen and oxygen atoms in total. The summed E-state index contributed by atoms with van der Waals surface area (Å²) in [6.07, 6.45) is 4.29. The first-order valence-corrected chi connectivity index (χ1v) is 6.15. The number of benzene rings is 1. The maximum atomic E-state index is 5.80. The summed E-state index contributed by atoms with van der Waals surface area (Å²) in [5.41, 5.74) is 7.98. The van der Waals surface area contributed by atoms with Crippen LogP contribution in [0.15, 0.2) is 23.3 Å². The van der Waals surface area contributed by atoms with Gasteiger partial charge in [0.15, 0.2) is 11.5 Å². The second-order valence-corrected chi connectivity index (χ2v) is 3.98. The fraction of sp³-hybridized carbons (Fsp3) is 0.357. The second-order valence-electron chi connectivity index (χ2n) is 3.98. The Balaban J connectivity index is 0.00000180. The normalized spacial score (nSPS) is 12.8. The van der Waals surface area contributed by atoms with E-state index in [2.05, 4.69) is 4.99 Å². The van der Waals surface area contributed by atoms with Crippen LogP contribution in [0, 0.1) is 0 Å². The minimum Gasteiger partial charge on any atom is -0.490 e. The monoisotopic (exact) mass is 282 g/mol. The number of halogens is 1. The quantitative estimate of drug-likeness (QED) is 0.924. The van der Waals surface area contributed by atoms with Gasteiger partial charge in [-0.3, -0.25) is 0 Å². The molecule has 5 heteroatoms. The van der Waals surface area contributed by atoms with Gasteiger partial charge in [0.25, 0.3) is 0 Å². The Morgan fingerprint density at radius 2 is 1.79 bits per heavy atom. The van der Waals surface area contributed by atoms with Crippen molar-refractivity contribution >= 4 is 24.3 Å². The zero-order chi connectivity index (χ0) is 13.0. The molecule has 0 aromatic heterocycles. The highest BCUT2D eigenvalue weighted by atomic mass is 35.5. The van der Waals surface area contributed by atoms with Crippen LogP contribution in [0.4, 0.5) is 0 Å². The SMILES string of the molecule is CCOc1cc2c(cc1OCC)CC(N)=NC=C2.Cl. The average Bonchev–Trinajstić information content (AvgIpc) is 2.51. The third kappa shape index (κ3) is 3.64. The summed E-state index contributed by atoms with van der Waals surface area (Å²) in [5.74, 6) is 2.14. The standard InChI is InChI=1S/C14H18N2O2.ClH/c1-3-17-12-7-10-5-6-16-14(15)9-11(10)8-13(12)18-4-2;/h5-8H,3-4,9H2,1-2H3,(H2,15,16);1H. The molecule has 1 aliphatic heterocycles. The van der Waals surface area contributed by atoms with Crippen molar-refractivity contribution in [3.05, 3.63) is 29.5 Å². The fourth-order valence-corrected chi connectivity index (χ4v) is 1.92. The Morgan fingerprint density at radius 3 is 2.42 bits per heavy atom. The van der Waals surface area contributed by atoms with Gasteiger partial charge in [-0.25, -0.2) is 4.99 Å². The molecule has 2 rings (SSSR count). The van der Waals surface area contributed by atoms with Gasteiger partial charge in [-0.15, -0.1) is 12.4 Å². The molecule has 0 radical (unpaired) electrons. The van der Waals surface area contributed by atoms with Gasteiger partial charge < -0.3 is 15.2 Å². The molecule has 1 aromatic carbocycles. The zero-order valence-corrected chi connectivity index (χ0v) is 12.0. The Bertz CT molecular complexity index is 498. The highest BCUT2D eigenvalue weighted by molar-refractivity contribution is 5.86. The molecule has 1 heterocycles. The number of amidine groups is 1. The minimum atomic E-state index is 0. The lowest BCUT2D eigenvalue weighted by molar-refractivity contribution is 0.287. The van der Waals surface area contributed by atoms with Gasteiger partial charge in [-0.2, -0.15) is 0 Å². The van der Waals surface area contributed by atoms with Crippen molar-refractivity contribution in [3.8, 4) is 11.5 Å². The number of ether oxygens (including phenoxy) is 2. The molecule has 0 fully saturated rings. The number of nitrogens with two attached hydrogens (primary N) is 1. The van der Waals surface area contributed by atoms with E-state index < -0.39 is 0 Å². The van der Waals surface area contributed by atoms with E-state index in [1.54, 1.807) is 6.20 Å². The number of rotatable bonds is 4. The lowest BCUT2D eigenvalue weighted by atomic mass is 10.0. The molecular formula is C14H19ClN2O2. The van der Waals surface area contributed by atoms with Crippen molar-refractivity contribution in [3.63, 3.8) is 0 Å². The molecule has 1 aliphatic rings. The third-order valence-corrected chi connectivity index (χ3v) is 2.67. The Kier molecular flexibility index (Phi) is 5.70. The lowest BCUT2D eigenvalue weighted by Gasteiger charge is -2.14. The van der Waals surface area contributed by atoms with E-state index in [9.17, 15) is 0 Å². The maximum absolute atomic E-state index is 5.80. The van der Waals surface area contributed by atoms with Crippen molar-refractivity contribution in [2.75, 3.05) is 13.2 Å². The first-order chi connectivity index (χ1) is 8.74. The predicted molar refractivity (Wildman–Crippen MR) is 80.4 cm³/mol. The van der Waals surface area contributed by atoms with Crippen molar-refractivity contribution in [1.29, 1.82) is 0 Å². The van der Waals surface area contributed by atoms with Crippen LogP contribution in [-0.2, 0) is 6.42 Å². The smallest absolute Gasteiger partial charge is 0.161 e. The number of nitrogens with zero attached hydrogens (tertiary/aromatic N) is 1. The first-order valence-electron chi connectivity index (χ1n) is 6.15. The molecule has 2 N–H and O–H groups in total. The largest absolute Gasteiger partial charge is 0.490 e. The first kappa shape index (κ1) is 15.4.